The van der Waals surface area contributed by atoms with Gasteiger partial charge >= 0.3 is 0 Å². The van der Waals surface area contributed by atoms with Crippen molar-refractivity contribution in [3.63, 3.8) is 0 Å². The van der Waals surface area contributed by atoms with Crippen molar-refractivity contribution in [1.29, 1.82) is 0 Å². The van der Waals surface area contributed by atoms with E-state index in [1.54, 1.807) is 6.20 Å². The fourth-order valence-corrected chi connectivity index (χ4v) is 2.06. The number of imidazole rings is 1. The standard InChI is InChI=1S/C14H18ClN3O/c1-14(10-19,11-6-4-3-5-7-11)17-9-13-16-8-12(15)18(13)2/h3-8,17,19H,9-10H2,1-2H3. The molecular weight excluding hydrogens is 262 g/mol. The summed E-state index contributed by atoms with van der Waals surface area (Å²) in [6.45, 7) is 2.51. The van der Waals surface area contributed by atoms with Crippen LogP contribution in [0.2, 0.25) is 5.15 Å². The second-order valence-electron chi connectivity index (χ2n) is 4.77. The Morgan fingerprint density at radius 2 is 2.05 bits per heavy atom. The number of hydrogen-bond acceptors (Lipinski definition) is 3. The molecule has 1 aromatic heterocycles. The molecule has 1 heterocycles. The molecule has 0 aliphatic rings. The van der Waals surface area contributed by atoms with Crippen LogP contribution < -0.4 is 5.32 Å². The van der Waals surface area contributed by atoms with Crippen molar-refractivity contribution in [2.45, 2.75) is 19.0 Å². The third-order valence-electron chi connectivity index (χ3n) is 3.39. The molecule has 0 saturated heterocycles. The van der Waals surface area contributed by atoms with E-state index in [-0.39, 0.29) is 6.61 Å². The maximum Gasteiger partial charge on any atom is 0.128 e. The van der Waals surface area contributed by atoms with E-state index in [4.69, 9.17) is 11.6 Å². The SMILES string of the molecule is Cn1c(Cl)cnc1CNC(C)(CO)c1ccccc1. The molecule has 102 valence electrons. The van der Waals surface area contributed by atoms with Gasteiger partial charge in [-0.2, -0.15) is 0 Å². The van der Waals surface area contributed by atoms with Crippen LogP contribution in [0, 0.1) is 0 Å². The minimum Gasteiger partial charge on any atom is -0.394 e. The quantitative estimate of drug-likeness (QED) is 0.881. The molecule has 4 nitrogen and oxygen atoms in total. The molecule has 0 spiro atoms. The lowest BCUT2D eigenvalue weighted by molar-refractivity contribution is 0.172. The second kappa shape index (κ2) is 5.74. The topological polar surface area (TPSA) is 50.1 Å². The summed E-state index contributed by atoms with van der Waals surface area (Å²) in [7, 11) is 1.87. The Bertz CT molecular complexity index is 541. The molecule has 2 rings (SSSR count). The highest BCUT2D eigenvalue weighted by molar-refractivity contribution is 6.29. The van der Waals surface area contributed by atoms with Gasteiger partial charge in [0, 0.05) is 7.05 Å². The first-order valence-corrected chi connectivity index (χ1v) is 6.52. The van der Waals surface area contributed by atoms with E-state index in [0.717, 1.165) is 11.4 Å². The highest BCUT2D eigenvalue weighted by Crippen LogP contribution is 2.20. The Balaban J connectivity index is 2.14. The molecule has 0 saturated carbocycles. The van der Waals surface area contributed by atoms with Crippen LogP contribution in [0.25, 0.3) is 0 Å². The maximum atomic E-state index is 9.68. The first-order valence-electron chi connectivity index (χ1n) is 6.14. The summed E-state index contributed by atoms with van der Waals surface area (Å²) in [6, 6.07) is 9.87. The first kappa shape index (κ1) is 14.1. The summed E-state index contributed by atoms with van der Waals surface area (Å²) in [4.78, 5) is 4.23. The zero-order valence-corrected chi connectivity index (χ0v) is 11.9. The van der Waals surface area contributed by atoms with Crippen LogP contribution in [-0.2, 0) is 19.1 Å². The number of aromatic nitrogens is 2. The van der Waals surface area contributed by atoms with Crippen LogP contribution in [0.5, 0.6) is 0 Å². The molecule has 0 bridgehead atoms. The molecule has 5 heteroatoms. The average Bonchev–Trinajstić information content (AvgIpc) is 2.77. The van der Waals surface area contributed by atoms with Crippen molar-refractivity contribution in [3.05, 3.63) is 53.1 Å². The summed E-state index contributed by atoms with van der Waals surface area (Å²) < 4.78 is 1.82. The molecule has 1 atom stereocenters. The van der Waals surface area contributed by atoms with Gasteiger partial charge in [0.25, 0.3) is 0 Å². The summed E-state index contributed by atoms with van der Waals surface area (Å²) >= 11 is 5.95. The Morgan fingerprint density at radius 3 is 2.58 bits per heavy atom. The van der Waals surface area contributed by atoms with Crippen molar-refractivity contribution in [2.24, 2.45) is 7.05 Å². The summed E-state index contributed by atoms with van der Waals surface area (Å²) in [5.41, 5.74) is 0.539. The van der Waals surface area contributed by atoms with Gasteiger partial charge in [0.05, 0.1) is 24.9 Å². The lowest BCUT2D eigenvalue weighted by Gasteiger charge is -2.29. The largest absolute Gasteiger partial charge is 0.394 e. The normalized spacial score (nSPS) is 14.3. The molecule has 2 N–H and O–H groups in total. The van der Waals surface area contributed by atoms with E-state index in [9.17, 15) is 5.11 Å². The number of rotatable bonds is 5. The van der Waals surface area contributed by atoms with Gasteiger partial charge in [-0.3, -0.25) is 5.32 Å². The van der Waals surface area contributed by atoms with Gasteiger partial charge in [0.2, 0.25) is 0 Å². The van der Waals surface area contributed by atoms with Crippen LogP contribution in [-0.4, -0.2) is 21.3 Å². The number of aliphatic hydroxyl groups is 1. The van der Waals surface area contributed by atoms with Crippen LogP contribution >= 0.6 is 11.6 Å². The number of halogens is 1. The van der Waals surface area contributed by atoms with Gasteiger partial charge in [-0.1, -0.05) is 41.9 Å². The molecule has 0 radical (unpaired) electrons. The minimum absolute atomic E-state index is 0.00910. The average molecular weight is 280 g/mol. The number of nitrogens with one attached hydrogen (secondary N) is 1. The van der Waals surface area contributed by atoms with Crippen molar-refractivity contribution in [3.8, 4) is 0 Å². The molecule has 0 aliphatic carbocycles. The molecule has 0 fully saturated rings. The second-order valence-corrected chi connectivity index (χ2v) is 5.15. The molecule has 19 heavy (non-hydrogen) atoms. The highest BCUT2D eigenvalue weighted by Gasteiger charge is 2.25. The summed E-state index contributed by atoms with van der Waals surface area (Å²) in [5, 5.41) is 13.6. The third-order valence-corrected chi connectivity index (χ3v) is 3.74. The Hall–Kier alpha value is -1.36. The number of nitrogens with zero attached hydrogens (tertiary/aromatic N) is 2. The minimum atomic E-state index is -0.500. The number of hydrogen-bond donors (Lipinski definition) is 2. The van der Waals surface area contributed by atoms with Gasteiger partial charge in [0.15, 0.2) is 0 Å². The summed E-state index contributed by atoms with van der Waals surface area (Å²) in [5.74, 6) is 0.834. The van der Waals surface area contributed by atoms with Gasteiger partial charge in [-0.15, -0.1) is 0 Å². The zero-order valence-electron chi connectivity index (χ0n) is 11.1. The maximum absolute atomic E-state index is 9.68. The zero-order chi connectivity index (χ0) is 13.9. The first-order chi connectivity index (χ1) is 9.07. The fourth-order valence-electron chi connectivity index (χ4n) is 1.92. The van der Waals surface area contributed by atoms with Crippen molar-refractivity contribution in [1.82, 2.24) is 14.9 Å². The van der Waals surface area contributed by atoms with E-state index < -0.39 is 5.54 Å². The lowest BCUT2D eigenvalue weighted by atomic mass is 9.93. The third kappa shape index (κ3) is 2.97. The van der Waals surface area contributed by atoms with Gasteiger partial charge in [-0.25, -0.2) is 4.98 Å². The predicted molar refractivity (Wildman–Crippen MR) is 75.9 cm³/mol. The van der Waals surface area contributed by atoms with E-state index in [1.165, 1.54) is 0 Å². The Kier molecular flexibility index (Phi) is 4.24. The molecule has 0 aliphatic heterocycles. The Labute approximate surface area is 118 Å². The van der Waals surface area contributed by atoms with E-state index >= 15 is 0 Å². The number of benzene rings is 1. The van der Waals surface area contributed by atoms with Gasteiger partial charge in [-0.05, 0) is 12.5 Å². The molecular formula is C14H18ClN3O. The molecule has 1 unspecified atom stereocenters. The van der Waals surface area contributed by atoms with Crippen LogP contribution in [0.15, 0.2) is 36.5 Å². The number of aliphatic hydroxyl groups excluding tert-OH is 1. The fraction of sp³-hybridized carbons (Fsp3) is 0.357. The van der Waals surface area contributed by atoms with E-state index in [1.807, 2.05) is 48.9 Å². The predicted octanol–water partition coefficient (Wildman–Crippen LogP) is 2.07. The smallest absolute Gasteiger partial charge is 0.128 e. The van der Waals surface area contributed by atoms with Crippen molar-refractivity contribution in [2.75, 3.05) is 6.61 Å². The van der Waals surface area contributed by atoms with E-state index in [0.29, 0.717) is 11.7 Å². The van der Waals surface area contributed by atoms with Gasteiger partial charge < -0.3 is 9.67 Å². The van der Waals surface area contributed by atoms with Crippen molar-refractivity contribution >= 4 is 11.6 Å². The molecule has 1 aromatic carbocycles. The monoisotopic (exact) mass is 279 g/mol. The molecule has 0 amide bonds. The van der Waals surface area contributed by atoms with Crippen LogP contribution in [0.4, 0.5) is 0 Å². The lowest BCUT2D eigenvalue weighted by Crippen LogP contribution is -2.42. The van der Waals surface area contributed by atoms with E-state index in [2.05, 4.69) is 10.3 Å². The van der Waals surface area contributed by atoms with Crippen molar-refractivity contribution < 1.29 is 5.11 Å². The van der Waals surface area contributed by atoms with Crippen LogP contribution in [0.1, 0.15) is 18.3 Å². The molecule has 2 aromatic rings. The Morgan fingerprint density at radius 1 is 1.37 bits per heavy atom. The summed E-state index contributed by atoms with van der Waals surface area (Å²) in [6.07, 6.45) is 1.62. The van der Waals surface area contributed by atoms with Crippen LogP contribution in [0.3, 0.4) is 0 Å². The van der Waals surface area contributed by atoms with Gasteiger partial charge in [0.1, 0.15) is 11.0 Å². The highest BCUT2D eigenvalue weighted by atomic mass is 35.5.